The van der Waals surface area contributed by atoms with Gasteiger partial charge in [0.2, 0.25) is 11.8 Å². The van der Waals surface area contributed by atoms with Gasteiger partial charge >= 0.3 is 5.97 Å². The Morgan fingerprint density at radius 3 is 2.75 bits per heavy atom. The minimum absolute atomic E-state index is 0.0166. The Morgan fingerprint density at radius 1 is 1.32 bits per heavy atom. The summed E-state index contributed by atoms with van der Waals surface area (Å²) in [6.45, 7) is 0. The Bertz CT molecular complexity index is 1110. The quantitative estimate of drug-likeness (QED) is 0.675. The summed E-state index contributed by atoms with van der Waals surface area (Å²) < 4.78 is 10.3. The highest BCUT2D eigenvalue weighted by atomic mass is 16.5. The number of nitrogens with two attached hydrogens (primary N) is 1. The Balaban J connectivity index is 1.86. The molecule has 28 heavy (non-hydrogen) atoms. The monoisotopic (exact) mass is 373 g/mol. The number of hydrogen-bond donors (Lipinski definition) is 2. The zero-order chi connectivity index (χ0) is 19.7. The molecule has 3 heterocycles. The van der Waals surface area contributed by atoms with E-state index in [-0.39, 0.29) is 11.5 Å². The fraction of sp³-hybridized carbons (Fsp3) is 0.100. The molecule has 2 aromatic heterocycles. The van der Waals surface area contributed by atoms with Crippen LogP contribution in [0.4, 0.5) is 0 Å². The first-order valence-corrected chi connectivity index (χ1v) is 8.38. The predicted octanol–water partition coefficient (Wildman–Crippen LogP) is 2.48. The molecule has 1 aliphatic heterocycles. The van der Waals surface area contributed by atoms with Crippen molar-refractivity contribution in [3.8, 4) is 23.2 Å². The van der Waals surface area contributed by atoms with E-state index in [1.165, 1.54) is 7.11 Å². The van der Waals surface area contributed by atoms with Gasteiger partial charge in [-0.2, -0.15) is 5.26 Å². The molecule has 8 heteroatoms. The maximum atomic E-state index is 11.7. The van der Waals surface area contributed by atoms with Gasteiger partial charge in [-0.25, -0.2) is 4.79 Å². The molecule has 1 atom stereocenters. The van der Waals surface area contributed by atoms with Gasteiger partial charge in [-0.1, -0.05) is 18.2 Å². The summed E-state index contributed by atoms with van der Waals surface area (Å²) in [6, 6.07) is 12.7. The maximum absolute atomic E-state index is 11.7. The molecule has 1 aliphatic rings. The number of allylic oxidation sites excluding steroid dienone is 1. The minimum atomic E-state index is -0.475. The highest BCUT2D eigenvalue weighted by Gasteiger charge is 2.35. The van der Waals surface area contributed by atoms with Crippen molar-refractivity contribution in [2.24, 2.45) is 5.73 Å². The molecule has 0 aliphatic carbocycles. The van der Waals surface area contributed by atoms with Gasteiger partial charge in [0.1, 0.15) is 11.6 Å². The van der Waals surface area contributed by atoms with E-state index in [9.17, 15) is 10.1 Å². The molecule has 8 nitrogen and oxygen atoms in total. The number of carbonyl (C=O) groups is 1. The molecule has 0 unspecified atom stereocenters. The summed E-state index contributed by atoms with van der Waals surface area (Å²) in [4.78, 5) is 15.8. The second-order valence-corrected chi connectivity index (χ2v) is 6.10. The molecule has 0 saturated carbocycles. The highest BCUT2D eigenvalue weighted by molar-refractivity contribution is 5.90. The van der Waals surface area contributed by atoms with Crippen molar-refractivity contribution in [3.05, 3.63) is 76.9 Å². The largest absolute Gasteiger partial charge is 0.465 e. The van der Waals surface area contributed by atoms with Crippen LogP contribution in [0.2, 0.25) is 0 Å². The molecule has 0 fully saturated rings. The van der Waals surface area contributed by atoms with Crippen LogP contribution in [-0.4, -0.2) is 28.3 Å². The number of pyridine rings is 1. The Hall–Kier alpha value is -4.12. The SMILES string of the molecule is COC(=O)c1ccc(-c2[nH]nc3c2[C@@H](c2cccnc2)C(C#N)=C(N)O3)cc1. The van der Waals surface area contributed by atoms with Crippen LogP contribution in [0.15, 0.2) is 60.2 Å². The second kappa shape index (κ2) is 6.89. The lowest BCUT2D eigenvalue weighted by Gasteiger charge is -2.23. The van der Waals surface area contributed by atoms with Gasteiger partial charge in [-0.3, -0.25) is 10.1 Å². The van der Waals surface area contributed by atoms with E-state index in [2.05, 4.69) is 21.3 Å². The van der Waals surface area contributed by atoms with Crippen molar-refractivity contribution < 1.29 is 14.3 Å². The van der Waals surface area contributed by atoms with Crippen molar-refractivity contribution in [3.63, 3.8) is 0 Å². The summed E-state index contributed by atoms with van der Waals surface area (Å²) in [6.07, 6.45) is 3.34. The lowest BCUT2D eigenvalue weighted by molar-refractivity contribution is 0.0600. The lowest BCUT2D eigenvalue weighted by atomic mass is 9.83. The summed E-state index contributed by atoms with van der Waals surface area (Å²) in [5, 5.41) is 16.8. The number of esters is 1. The zero-order valence-electron chi connectivity index (χ0n) is 14.8. The molecule has 138 valence electrons. The minimum Gasteiger partial charge on any atom is -0.465 e. The fourth-order valence-corrected chi connectivity index (χ4v) is 3.24. The first-order chi connectivity index (χ1) is 13.6. The van der Waals surface area contributed by atoms with Crippen LogP contribution in [0.3, 0.4) is 0 Å². The van der Waals surface area contributed by atoms with Gasteiger partial charge in [0, 0.05) is 18.0 Å². The number of nitrogens with one attached hydrogen (secondary N) is 1. The normalized spacial score (nSPS) is 15.4. The summed E-state index contributed by atoms with van der Waals surface area (Å²) in [7, 11) is 1.33. The Labute approximate surface area is 160 Å². The summed E-state index contributed by atoms with van der Waals surface area (Å²) >= 11 is 0. The van der Waals surface area contributed by atoms with Gasteiger partial charge < -0.3 is 15.2 Å². The average Bonchev–Trinajstić information content (AvgIpc) is 3.16. The van der Waals surface area contributed by atoms with Crippen LogP contribution in [0, 0.1) is 11.3 Å². The van der Waals surface area contributed by atoms with Gasteiger partial charge in [0.15, 0.2) is 0 Å². The molecule has 4 rings (SSSR count). The van der Waals surface area contributed by atoms with Crippen LogP contribution >= 0.6 is 0 Å². The van der Waals surface area contributed by atoms with E-state index in [0.29, 0.717) is 22.7 Å². The number of nitrogens with zero attached hydrogens (tertiary/aromatic N) is 3. The Morgan fingerprint density at radius 2 is 2.11 bits per heavy atom. The molecule has 0 bridgehead atoms. The molecule has 0 saturated heterocycles. The third kappa shape index (κ3) is 2.75. The number of hydrogen-bond acceptors (Lipinski definition) is 7. The van der Waals surface area contributed by atoms with Crippen LogP contribution < -0.4 is 10.5 Å². The number of benzene rings is 1. The number of carbonyl (C=O) groups excluding carboxylic acids is 1. The zero-order valence-corrected chi connectivity index (χ0v) is 14.8. The van der Waals surface area contributed by atoms with E-state index in [1.807, 2.05) is 6.07 Å². The third-order valence-corrected chi connectivity index (χ3v) is 4.55. The Kier molecular flexibility index (Phi) is 4.26. The molecular formula is C20H15N5O3. The van der Waals surface area contributed by atoms with Gasteiger partial charge in [0.25, 0.3) is 0 Å². The van der Waals surface area contributed by atoms with E-state index in [1.54, 1.807) is 42.7 Å². The number of rotatable bonds is 3. The summed E-state index contributed by atoms with van der Waals surface area (Å²) in [5.74, 6) is -0.575. The number of aromatic amines is 1. The number of methoxy groups -OCH3 is 1. The van der Waals surface area contributed by atoms with Gasteiger partial charge in [-0.15, -0.1) is 5.10 Å². The van der Waals surface area contributed by atoms with Crippen molar-refractivity contribution in [2.75, 3.05) is 7.11 Å². The number of H-pyrrole nitrogens is 1. The van der Waals surface area contributed by atoms with Crippen molar-refractivity contribution in [2.45, 2.75) is 5.92 Å². The van der Waals surface area contributed by atoms with Crippen molar-refractivity contribution in [1.82, 2.24) is 15.2 Å². The summed E-state index contributed by atoms with van der Waals surface area (Å²) in [5.41, 5.74) is 9.59. The van der Waals surface area contributed by atoms with Crippen molar-refractivity contribution in [1.29, 1.82) is 5.26 Å². The lowest BCUT2D eigenvalue weighted by Crippen LogP contribution is -2.21. The number of nitriles is 1. The van der Waals surface area contributed by atoms with E-state index in [0.717, 1.165) is 11.1 Å². The maximum Gasteiger partial charge on any atom is 0.337 e. The predicted molar refractivity (Wildman–Crippen MR) is 98.9 cm³/mol. The van der Waals surface area contributed by atoms with Gasteiger partial charge in [-0.05, 0) is 23.8 Å². The average molecular weight is 373 g/mol. The highest BCUT2D eigenvalue weighted by Crippen LogP contribution is 2.45. The van der Waals surface area contributed by atoms with E-state index < -0.39 is 11.9 Å². The fourth-order valence-electron chi connectivity index (χ4n) is 3.24. The topological polar surface area (TPSA) is 127 Å². The number of ether oxygens (including phenoxy) is 2. The molecule has 1 aromatic carbocycles. The van der Waals surface area contributed by atoms with Crippen LogP contribution in [0.25, 0.3) is 11.3 Å². The first kappa shape index (κ1) is 17.3. The smallest absolute Gasteiger partial charge is 0.337 e. The molecule has 3 aromatic rings. The van der Waals surface area contributed by atoms with E-state index in [4.69, 9.17) is 15.2 Å². The molecule has 0 spiro atoms. The van der Waals surface area contributed by atoms with Crippen LogP contribution in [0.1, 0.15) is 27.4 Å². The molecule has 0 radical (unpaired) electrons. The third-order valence-electron chi connectivity index (χ3n) is 4.55. The van der Waals surface area contributed by atoms with Gasteiger partial charge in [0.05, 0.1) is 29.8 Å². The second-order valence-electron chi connectivity index (χ2n) is 6.10. The molecule has 3 N–H and O–H groups in total. The molecular weight excluding hydrogens is 358 g/mol. The number of fused-ring (bicyclic) bond motifs is 1. The first-order valence-electron chi connectivity index (χ1n) is 8.38. The van der Waals surface area contributed by atoms with Crippen LogP contribution in [-0.2, 0) is 4.74 Å². The van der Waals surface area contributed by atoms with E-state index >= 15 is 0 Å². The number of aromatic nitrogens is 3. The van der Waals surface area contributed by atoms with Crippen molar-refractivity contribution >= 4 is 5.97 Å². The standard InChI is InChI=1S/C20H15N5O3/c1-27-20(26)12-6-4-11(5-7-12)17-16-15(13-3-2-8-23-10-13)14(9-21)18(22)28-19(16)25-24-17/h2-8,10,15H,22H2,1H3,(H,24,25)/t15-/m0/s1. The molecule has 0 amide bonds. The van der Waals surface area contributed by atoms with Crippen LogP contribution in [0.5, 0.6) is 5.88 Å².